The number of hydrogen-bond acceptors (Lipinski definition) is 4. The number of anilines is 1. The third kappa shape index (κ3) is 2.43. The zero-order valence-electron chi connectivity index (χ0n) is 17.2. The SMILES string of the molecule is CCN(CC)c1cccc2c1C1(OC(=O)c3ccccc31)c1cc(Cl)c(C)cc1O2. The van der Waals surface area contributed by atoms with Gasteiger partial charge in [0.05, 0.1) is 11.1 Å². The van der Waals surface area contributed by atoms with Gasteiger partial charge in [-0.15, -0.1) is 0 Å². The molecule has 0 bridgehead atoms. The summed E-state index contributed by atoms with van der Waals surface area (Å²) >= 11 is 6.55. The number of carbonyl (C=O) groups excluding carboxylic acids is 1. The highest BCUT2D eigenvalue weighted by atomic mass is 35.5. The van der Waals surface area contributed by atoms with Gasteiger partial charge >= 0.3 is 5.97 Å². The third-order valence-electron chi connectivity index (χ3n) is 6.09. The molecule has 5 heteroatoms. The Kier molecular flexibility index (Phi) is 4.30. The van der Waals surface area contributed by atoms with Crippen LogP contribution >= 0.6 is 11.6 Å². The maximum Gasteiger partial charge on any atom is 0.340 e. The van der Waals surface area contributed by atoms with Crippen molar-refractivity contribution in [2.45, 2.75) is 26.4 Å². The van der Waals surface area contributed by atoms with E-state index in [-0.39, 0.29) is 5.97 Å². The Hall–Kier alpha value is -2.98. The summed E-state index contributed by atoms with van der Waals surface area (Å²) in [6, 6.07) is 17.4. The predicted molar refractivity (Wildman–Crippen MR) is 118 cm³/mol. The Morgan fingerprint density at radius 2 is 1.73 bits per heavy atom. The number of benzene rings is 3. The van der Waals surface area contributed by atoms with Crippen LogP contribution in [0.3, 0.4) is 0 Å². The summed E-state index contributed by atoms with van der Waals surface area (Å²) in [7, 11) is 0. The molecule has 0 saturated carbocycles. The fourth-order valence-electron chi connectivity index (χ4n) is 4.66. The van der Waals surface area contributed by atoms with Crippen molar-refractivity contribution in [1.82, 2.24) is 0 Å². The first kappa shape index (κ1) is 19.0. The highest BCUT2D eigenvalue weighted by molar-refractivity contribution is 6.31. The molecule has 152 valence electrons. The van der Waals surface area contributed by atoms with Gasteiger partial charge in [-0.05, 0) is 56.7 Å². The highest BCUT2D eigenvalue weighted by Gasteiger charge is 2.55. The predicted octanol–water partition coefficient (Wildman–Crippen LogP) is 6.06. The number of rotatable bonds is 3. The van der Waals surface area contributed by atoms with Gasteiger partial charge in [-0.3, -0.25) is 0 Å². The summed E-state index contributed by atoms with van der Waals surface area (Å²) in [5.41, 5.74) is 3.79. The van der Waals surface area contributed by atoms with Crippen molar-refractivity contribution in [3.8, 4) is 11.5 Å². The minimum Gasteiger partial charge on any atom is -0.456 e. The summed E-state index contributed by atoms with van der Waals surface area (Å²) in [6.07, 6.45) is 0. The van der Waals surface area contributed by atoms with Crippen LogP contribution in [0.2, 0.25) is 5.02 Å². The molecule has 1 spiro atoms. The van der Waals surface area contributed by atoms with Crippen LogP contribution in [0.25, 0.3) is 0 Å². The molecule has 3 aromatic rings. The molecular formula is C25H22ClNO3. The van der Waals surface area contributed by atoms with Crippen molar-refractivity contribution in [1.29, 1.82) is 0 Å². The molecule has 0 aromatic heterocycles. The van der Waals surface area contributed by atoms with Crippen molar-refractivity contribution >= 4 is 23.3 Å². The molecule has 1 atom stereocenters. The second-order valence-electron chi connectivity index (χ2n) is 7.64. The molecule has 2 aliphatic heterocycles. The molecule has 0 aliphatic carbocycles. The Balaban J connectivity index is 1.92. The summed E-state index contributed by atoms with van der Waals surface area (Å²) in [5.74, 6) is 1.01. The van der Waals surface area contributed by atoms with Gasteiger partial charge in [-0.1, -0.05) is 35.9 Å². The van der Waals surface area contributed by atoms with Gasteiger partial charge in [-0.2, -0.15) is 0 Å². The van der Waals surface area contributed by atoms with E-state index in [0.717, 1.165) is 41.0 Å². The summed E-state index contributed by atoms with van der Waals surface area (Å²) in [5, 5.41) is 0.612. The molecule has 4 nitrogen and oxygen atoms in total. The van der Waals surface area contributed by atoms with Crippen molar-refractivity contribution in [3.63, 3.8) is 0 Å². The number of halogens is 1. The van der Waals surface area contributed by atoms with Crippen molar-refractivity contribution in [2.24, 2.45) is 0 Å². The van der Waals surface area contributed by atoms with E-state index in [9.17, 15) is 4.79 Å². The van der Waals surface area contributed by atoms with E-state index in [4.69, 9.17) is 21.1 Å². The van der Waals surface area contributed by atoms with Gasteiger partial charge in [0.25, 0.3) is 0 Å². The van der Waals surface area contributed by atoms with E-state index in [2.05, 4.69) is 24.8 Å². The van der Waals surface area contributed by atoms with E-state index in [1.54, 1.807) is 0 Å². The van der Waals surface area contributed by atoms with E-state index in [1.165, 1.54) is 0 Å². The van der Waals surface area contributed by atoms with E-state index in [0.29, 0.717) is 22.1 Å². The zero-order valence-corrected chi connectivity index (χ0v) is 17.9. The molecular weight excluding hydrogens is 398 g/mol. The summed E-state index contributed by atoms with van der Waals surface area (Å²) in [4.78, 5) is 15.3. The number of carbonyl (C=O) groups is 1. The minimum atomic E-state index is -1.10. The second kappa shape index (κ2) is 6.78. The Labute approximate surface area is 181 Å². The van der Waals surface area contributed by atoms with E-state index >= 15 is 0 Å². The van der Waals surface area contributed by atoms with Gasteiger partial charge in [0.2, 0.25) is 0 Å². The lowest BCUT2D eigenvalue weighted by molar-refractivity contribution is 0.0226. The number of fused-ring (bicyclic) bond motifs is 6. The molecule has 30 heavy (non-hydrogen) atoms. The first-order valence-corrected chi connectivity index (χ1v) is 10.6. The molecule has 2 aliphatic rings. The van der Waals surface area contributed by atoms with Crippen LogP contribution in [0.4, 0.5) is 5.69 Å². The fraction of sp³-hybridized carbons (Fsp3) is 0.240. The molecule has 0 amide bonds. The molecule has 3 aromatic carbocycles. The van der Waals surface area contributed by atoms with Crippen molar-refractivity contribution in [3.05, 3.63) is 87.4 Å². The topological polar surface area (TPSA) is 38.8 Å². The summed E-state index contributed by atoms with van der Waals surface area (Å²) < 4.78 is 12.6. The van der Waals surface area contributed by atoms with Gasteiger partial charge in [0, 0.05) is 34.9 Å². The first-order valence-electron chi connectivity index (χ1n) is 10.2. The largest absolute Gasteiger partial charge is 0.456 e. The van der Waals surface area contributed by atoms with Gasteiger partial charge in [-0.25, -0.2) is 4.79 Å². The van der Waals surface area contributed by atoms with Crippen molar-refractivity contribution in [2.75, 3.05) is 18.0 Å². The normalized spacial score (nSPS) is 18.3. The van der Waals surface area contributed by atoms with Gasteiger partial charge in [0.1, 0.15) is 11.5 Å². The lowest BCUT2D eigenvalue weighted by Gasteiger charge is -2.40. The standard InChI is InChI=1S/C25H22ClNO3/c1-4-27(5-2)20-11-8-12-21-23(20)25(17-10-7-6-9-16(17)24(28)30-25)18-14-19(26)15(3)13-22(18)29-21/h6-14H,4-5H2,1-3H3. The average Bonchev–Trinajstić information content (AvgIpc) is 3.04. The van der Waals surface area contributed by atoms with E-state index < -0.39 is 5.60 Å². The minimum absolute atomic E-state index is 0.338. The number of hydrogen-bond donors (Lipinski definition) is 0. The number of ether oxygens (including phenoxy) is 2. The second-order valence-corrected chi connectivity index (χ2v) is 8.05. The lowest BCUT2D eigenvalue weighted by Crippen LogP contribution is -2.36. The Morgan fingerprint density at radius 1 is 0.967 bits per heavy atom. The lowest BCUT2D eigenvalue weighted by atomic mass is 9.76. The third-order valence-corrected chi connectivity index (χ3v) is 6.50. The zero-order chi connectivity index (χ0) is 21.0. The van der Waals surface area contributed by atoms with Crippen LogP contribution in [0.15, 0.2) is 54.6 Å². The molecule has 0 N–H and O–H groups in total. The highest BCUT2D eigenvalue weighted by Crippen LogP contribution is 2.59. The van der Waals surface area contributed by atoms with Crippen LogP contribution in [-0.4, -0.2) is 19.1 Å². The molecule has 0 saturated heterocycles. The molecule has 1 unspecified atom stereocenters. The fourth-order valence-corrected chi connectivity index (χ4v) is 4.82. The molecule has 0 fully saturated rings. The van der Waals surface area contributed by atoms with Crippen LogP contribution in [0, 0.1) is 6.92 Å². The van der Waals surface area contributed by atoms with Crippen LogP contribution in [0.1, 0.15) is 46.5 Å². The monoisotopic (exact) mass is 419 g/mol. The van der Waals surface area contributed by atoms with E-state index in [1.807, 2.05) is 55.5 Å². The van der Waals surface area contributed by atoms with Gasteiger partial charge in [0.15, 0.2) is 5.60 Å². The van der Waals surface area contributed by atoms with Crippen LogP contribution in [-0.2, 0) is 10.3 Å². The molecule has 5 rings (SSSR count). The number of aryl methyl sites for hydroxylation is 1. The molecule has 2 heterocycles. The Bertz CT molecular complexity index is 1190. The van der Waals surface area contributed by atoms with Crippen LogP contribution in [0.5, 0.6) is 11.5 Å². The average molecular weight is 420 g/mol. The van der Waals surface area contributed by atoms with Crippen molar-refractivity contribution < 1.29 is 14.3 Å². The van der Waals surface area contributed by atoms with Gasteiger partial charge < -0.3 is 14.4 Å². The summed E-state index contributed by atoms with van der Waals surface area (Å²) in [6.45, 7) is 7.80. The number of nitrogens with zero attached hydrogens (tertiary/aromatic N) is 1. The first-order chi connectivity index (χ1) is 14.5. The smallest absolute Gasteiger partial charge is 0.340 e. The number of esters is 1. The molecule has 0 radical (unpaired) electrons. The quantitative estimate of drug-likeness (QED) is 0.483. The maximum absolute atomic E-state index is 13.0. The Morgan fingerprint density at radius 3 is 2.50 bits per heavy atom. The maximum atomic E-state index is 13.0. The van der Waals surface area contributed by atoms with Crippen LogP contribution < -0.4 is 9.64 Å².